The molecule has 25 heavy (non-hydrogen) atoms. The van der Waals surface area contributed by atoms with Crippen molar-refractivity contribution in [2.45, 2.75) is 51.7 Å². The number of halogens is 2. The fourth-order valence-electron chi connectivity index (χ4n) is 3.83. The number of rotatable bonds is 4. The van der Waals surface area contributed by atoms with Crippen LogP contribution in [0.4, 0.5) is 8.78 Å². The Morgan fingerprint density at radius 3 is 2.12 bits per heavy atom. The van der Waals surface area contributed by atoms with Crippen LogP contribution in [0.15, 0.2) is 12.1 Å². The van der Waals surface area contributed by atoms with E-state index in [1.54, 1.807) is 0 Å². The summed E-state index contributed by atoms with van der Waals surface area (Å²) in [5, 5.41) is 8.72. The summed E-state index contributed by atoms with van der Waals surface area (Å²) in [6.07, 6.45) is 6.82. The zero-order valence-corrected chi connectivity index (χ0v) is 14.6. The van der Waals surface area contributed by atoms with Crippen LogP contribution in [0.2, 0.25) is 0 Å². The van der Waals surface area contributed by atoms with E-state index in [2.05, 4.69) is 6.92 Å². The third-order valence-corrected chi connectivity index (χ3v) is 5.53. The molecule has 1 aliphatic heterocycles. The zero-order valence-electron chi connectivity index (χ0n) is 14.6. The van der Waals surface area contributed by atoms with E-state index in [0.29, 0.717) is 19.1 Å². The molecule has 3 rings (SSSR count). The van der Waals surface area contributed by atoms with Crippen LogP contribution in [0.3, 0.4) is 0 Å². The summed E-state index contributed by atoms with van der Waals surface area (Å²) in [7, 11) is 0. The molecule has 1 aromatic carbocycles. The van der Waals surface area contributed by atoms with Crippen LogP contribution < -0.4 is 0 Å². The smallest absolute Gasteiger partial charge is 0.184 e. The SMILES string of the molecule is C[C@H]1CC[C@H](CC[C@H]2CO[C@H](c3cc(F)c(C#N)c(F)c3)OC2)CC1. The number of hydrogen-bond acceptors (Lipinski definition) is 3. The Bertz CT molecular complexity index is 604. The first-order valence-electron chi connectivity index (χ1n) is 9.19. The maximum atomic E-state index is 13.7. The largest absolute Gasteiger partial charge is 0.348 e. The molecule has 1 heterocycles. The molecule has 0 radical (unpaired) electrons. The van der Waals surface area contributed by atoms with Crippen molar-refractivity contribution in [3.05, 3.63) is 34.9 Å². The first-order valence-corrected chi connectivity index (χ1v) is 9.19. The molecule has 0 unspecified atom stereocenters. The highest BCUT2D eigenvalue weighted by molar-refractivity contribution is 5.35. The summed E-state index contributed by atoms with van der Waals surface area (Å²) >= 11 is 0. The second-order valence-corrected chi connectivity index (χ2v) is 7.54. The monoisotopic (exact) mass is 349 g/mol. The van der Waals surface area contributed by atoms with Crippen molar-refractivity contribution >= 4 is 0 Å². The topological polar surface area (TPSA) is 42.2 Å². The molecule has 5 heteroatoms. The minimum atomic E-state index is -0.877. The molecule has 0 atom stereocenters. The Morgan fingerprint density at radius 2 is 1.56 bits per heavy atom. The third kappa shape index (κ3) is 4.56. The van der Waals surface area contributed by atoms with Gasteiger partial charge in [-0.15, -0.1) is 0 Å². The molecule has 1 aliphatic carbocycles. The third-order valence-electron chi connectivity index (χ3n) is 5.53. The van der Waals surface area contributed by atoms with E-state index in [9.17, 15) is 8.78 Å². The van der Waals surface area contributed by atoms with Crippen molar-refractivity contribution in [2.75, 3.05) is 13.2 Å². The van der Waals surface area contributed by atoms with Crippen LogP contribution in [0.25, 0.3) is 0 Å². The molecular weight excluding hydrogens is 324 g/mol. The minimum absolute atomic E-state index is 0.286. The van der Waals surface area contributed by atoms with E-state index in [0.717, 1.165) is 30.4 Å². The number of nitrogens with zero attached hydrogens (tertiary/aromatic N) is 1. The molecule has 0 spiro atoms. The van der Waals surface area contributed by atoms with Gasteiger partial charge in [0, 0.05) is 11.5 Å². The van der Waals surface area contributed by atoms with E-state index < -0.39 is 23.5 Å². The quantitative estimate of drug-likeness (QED) is 0.759. The summed E-state index contributed by atoms with van der Waals surface area (Å²) in [6, 6.07) is 3.76. The molecule has 0 amide bonds. The fraction of sp³-hybridized carbons (Fsp3) is 0.650. The molecule has 136 valence electrons. The molecule has 1 saturated carbocycles. The van der Waals surface area contributed by atoms with Crippen LogP contribution >= 0.6 is 0 Å². The Hall–Kier alpha value is -1.51. The van der Waals surface area contributed by atoms with E-state index in [1.165, 1.54) is 38.2 Å². The zero-order chi connectivity index (χ0) is 17.8. The molecule has 0 aromatic heterocycles. The van der Waals surface area contributed by atoms with Crippen LogP contribution in [-0.2, 0) is 9.47 Å². The van der Waals surface area contributed by atoms with Crippen molar-refractivity contribution in [1.82, 2.24) is 0 Å². The molecule has 0 bridgehead atoms. The Kier molecular flexibility index (Phi) is 6.03. The van der Waals surface area contributed by atoms with Gasteiger partial charge in [0.15, 0.2) is 6.29 Å². The van der Waals surface area contributed by atoms with Crippen molar-refractivity contribution in [3.63, 3.8) is 0 Å². The predicted molar refractivity (Wildman–Crippen MR) is 89.6 cm³/mol. The van der Waals surface area contributed by atoms with Gasteiger partial charge >= 0.3 is 0 Å². The lowest BCUT2D eigenvalue weighted by molar-refractivity contribution is -0.206. The van der Waals surface area contributed by atoms with Crippen molar-refractivity contribution in [3.8, 4) is 6.07 Å². The van der Waals surface area contributed by atoms with Gasteiger partial charge in [-0.1, -0.05) is 39.0 Å². The second kappa shape index (κ2) is 8.25. The highest BCUT2D eigenvalue weighted by Gasteiger charge is 2.27. The molecule has 1 saturated heterocycles. The van der Waals surface area contributed by atoms with Crippen LogP contribution in [0.1, 0.15) is 62.9 Å². The maximum Gasteiger partial charge on any atom is 0.184 e. The Morgan fingerprint density at radius 1 is 1.00 bits per heavy atom. The lowest BCUT2D eigenvalue weighted by Crippen LogP contribution is -2.28. The molecule has 2 fully saturated rings. The van der Waals surface area contributed by atoms with Crippen LogP contribution in [0.5, 0.6) is 0 Å². The van der Waals surface area contributed by atoms with E-state index >= 15 is 0 Å². The Labute approximate surface area is 147 Å². The number of hydrogen-bond donors (Lipinski definition) is 0. The number of ether oxygens (including phenoxy) is 2. The van der Waals surface area contributed by atoms with E-state index in [-0.39, 0.29) is 5.56 Å². The first kappa shape index (κ1) is 18.3. The van der Waals surface area contributed by atoms with Gasteiger partial charge < -0.3 is 9.47 Å². The van der Waals surface area contributed by atoms with Crippen molar-refractivity contribution in [1.29, 1.82) is 5.26 Å². The van der Waals surface area contributed by atoms with Crippen molar-refractivity contribution < 1.29 is 18.3 Å². The minimum Gasteiger partial charge on any atom is -0.348 e. The second-order valence-electron chi connectivity index (χ2n) is 7.54. The summed E-state index contributed by atoms with van der Waals surface area (Å²) in [6.45, 7) is 3.40. The van der Waals surface area contributed by atoms with Crippen molar-refractivity contribution in [2.24, 2.45) is 17.8 Å². The van der Waals surface area contributed by atoms with Gasteiger partial charge in [0.05, 0.1) is 13.2 Å². The van der Waals surface area contributed by atoms with Gasteiger partial charge in [0.1, 0.15) is 23.3 Å². The first-order chi connectivity index (χ1) is 12.1. The maximum absolute atomic E-state index is 13.7. The molecule has 3 nitrogen and oxygen atoms in total. The Balaban J connectivity index is 1.48. The number of benzene rings is 1. The van der Waals surface area contributed by atoms with Gasteiger partial charge in [0.2, 0.25) is 0 Å². The van der Waals surface area contributed by atoms with Gasteiger partial charge in [-0.3, -0.25) is 0 Å². The van der Waals surface area contributed by atoms with Crippen LogP contribution in [0, 0.1) is 40.7 Å². The van der Waals surface area contributed by atoms with Gasteiger partial charge in [-0.05, 0) is 30.4 Å². The van der Waals surface area contributed by atoms with Crippen LogP contribution in [-0.4, -0.2) is 13.2 Å². The average molecular weight is 349 g/mol. The summed E-state index contributed by atoms with van der Waals surface area (Å²) in [5.74, 6) is 0.266. The molecule has 2 aliphatic rings. The summed E-state index contributed by atoms with van der Waals surface area (Å²) in [5.41, 5.74) is -0.284. The normalized spacial score (nSPS) is 30.0. The summed E-state index contributed by atoms with van der Waals surface area (Å²) < 4.78 is 38.8. The molecule has 0 N–H and O–H groups in total. The standard InChI is InChI=1S/C20H25F2NO2/c1-13-2-4-14(5-3-13)6-7-15-11-24-20(25-12-15)16-8-18(21)17(10-23)19(22)9-16/h8-9,13-15,20H,2-7,11-12H2,1H3/t13-,14-,15-,20-. The van der Waals surface area contributed by atoms with Gasteiger partial charge in [-0.25, -0.2) is 8.78 Å². The highest BCUT2D eigenvalue weighted by Crippen LogP contribution is 2.34. The average Bonchev–Trinajstić information content (AvgIpc) is 2.61. The lowest BCUT2D eigenvalue weighted by atomic mass is 9.80. The fourth-order valence-corrected chi connectivity index (χ4v) is 3.83. The molecular formula is C20H25F2NO2. The summed E-state index contributed by atoms with van der Waals surface area (Å²) in [4.78, 5) is 0. The number of nitriles is 1. The highest BCUT2D eigenvalue weighted by atomic mass is 19.1. The molecule has 1 aromatic rings. The predicted octanol–water partition coefficient (Wildman–Crippen LogP) is 5.10. The van der Waals surface area contributed by atoms with Gasteiger partial charge in [-0.2, -0.15) is 5.26 Å². The van der Waals surface area contributed by atoms with Gasteiger partial charge in [0.25, 0.3) is 0 Å². The van der Waals surface area contributed by atoms with E-state index in [4.69, 9.17) is 14.7 Å². The van der Waals surface area contributed by atoms with E-state index in [1.807, 2.05) is 0 Å². The lowest BCUT2D eigenvalue weighted by Gasteiger charge is -2.32.